The molecule has 1 N–H and O–H groups in total. The number of benzene rings is 2. The van der Waals surface area contributed by atoms with E-state index in [1.165, 1.54) is 29.2 Å². The minimum Gasteiger partial charge on any atom is -0.494 e. The van der Waals surface area contributed by atoms with Gasteiger partial charge < -0.3 is 10.1 Å². The van der Waals surface area contributed by atoms with Crippen LogP contribution < -0.4 is 10.1 Å². The molecule has 130 valence electrons. The summed E-state index contributed by atoms with van der Waals surface area (Å²) in [6, 6.07) is 8.65. The number of carbonyl (C=O) groups excluding carboxylic acids is 1. The van der Waals surface area contributed by atoms with Gasteiger partial charge >= 0.3 is 0 Å². The van der Waals surface area contributed by atoms with Crippen LogP contribution in [0.4, 0.5) is 14.5 Å². The molecule has 0 unspecified atom stereocenters. The van der Waals surface area contributed by atoms with Crippen LogP contribution in [0.5, 0.6) is 5.75 Å². The normalized spacial score (nSPS) is 10.8. The van der Waals surface area contributed by atoms with E-state index >= 15 is 0 Å². The van der Waals surface area contributed by atoms with E-state index in [4.69, 9.17) is 4.74 Å². The zero-order chi connectivity index (χ0) is 17.8. The van der Waals surface area contributed by atoms with E-state index in [9.17, 15) is 13.6 Å². The number of rotatable bonds is 6. The molecule has 0 saturated heterocycles. The second-order valence-corrected chi connectivity index (χ2v) is 7.26. The zero-order valence-electron chi connectivity index (χ0n) is 13.2. The van der Waals surface area contributed by atoms with Gasteiger partial charge in [0.25, 0.3) is 0 Å². The summed E-state index contributed by atoms with van der Waals surface area (Å²) < 4.78 is 33.5. The van der Waals surface area contributed by atoms with Crippen molar-refractivity contribution in [1.82, 2.24) is 4.98 Å². The second-order valence-electron chi connectivity index (χ2n) is 5.00. The lowest BCUT2D eigenvalue weighted by Crippen LogP contribution is -2.15. The van der Waals surface area contributed by atoms with Crippen LogP contribution in [0, 0.1) is 11.6 Å². The Morgan fingerprint density at radius 2 is 2.12 bits per heavy atom. The maximum Gasteiger partial charge on any atom is 0.234 e. The first-order valence-electron chi connectivity index (χ1n) is 7.46. The molecule has 1 aromatic heterocycles. The van der Waals surface area contributed by atoms with Crippen LogP contribution in [0.15, 0.2) is 40.7 Å². The smallest absolute Gasteiger partial charge is 0.234 e. The standard InChI is InChI=1S/C17H14F2N2O2S2/c1-2-23-11-4-6-14-15(8-11)25-17(21-14)24-9-16(22)20-13-5-3-10(18)7-12(13)19/h3-8H,2,9H2,1H3,(H,20,22). The first kappa shape index (κ1) is 17.6. The van der Waals surface area contributed by atoms with Gasteiger partial charge in [0.15, 0.2) is 4.34 Å². The fourth-order valence-corrected chi connectivity index (χ4v) is 4.00. The van der Waals surface area contributed by atoms with Crippen molar-refractivity contribution in [3.63, 3.8) is 0 Å². The van der Waals surface area contributed by atoms with Gasteiger partial charge in [-0.25, -0.2) is 13.8 Å². The molecule has 1 amide bonds. The minimum atomic E-state index is -0.804. The Bertz CT molecular complexity index is 915. The molecule has 8 heteroatoms. The summed E-state index contributed by atoms with van der Waals surface area (Å²) in [5.41, 5.74) is 0.790. The Hall–Kier alpha value is -2.19. The molecule has 0 fully saturated rings. The molecule has 0 bridgehead atoms. The molecule has 0 radical (unpaired) electrons. The third kappa shape index (κ3) is 4.46. The fourth-order valence-electron chi connectivity index (χ4n) is 2.11. The molecule has 0 aliphatic carbocycles. The van der Waals surface area contributed by atoms with Crippen LogP contribution in [-0.4, -0.2) is 23.3 Å². The quantitative estimate of drug-likeness (QED) is 0.630. The van der Waals surface area contributed by atoms with Crippen molar-refractivity contribution in [3.05, 3.63) is 48.0 Å². The third-order valence-electron chi connectivity index (χ3n) is 3.18. The summed E-state index contributed by atoms with van der Waals surface area (Å²) in [5, 5.41) is 2.42. The van der Waals surface area contributed by atoms with Crippen molar-refractivity contribution in [3.8, 4) is 5.75 Å². The molecule has 3 rings (SSSR count). The number of fused-ring (bicyclic) bond motifs is 1. The van der Waals surface area contributed by atoms with E-state index in [2.05, 4.69) is 10.3 Å². The van der Waals surface area contributed by atoms with Gasteiger partial charge in [0.05, 0.1) is 28.3 Å². The van der Waals surface area contributed by atoms with Gasteiger partial charge in [0.1, 0.15) is 17.4 Å². The van der Waals surface area contributed by atoms with Crippen molar-refractivity contribution < 1.29 is 18.3 Å². The molecule has 2 aromatic carbocycles. The molecule has 25 heavy (non-hydrogen) atoms. The van der Waals surface area contributed by atoms with Crippen LogP contribution in [0.1, 0.15) is 6.92 Å². The Morgan fingerprint density at radius 1 is 1.28 bits per heavy atom. The van der Waals surface area contributed by atoms with Crippen molar-refractivity contribution in [1.29, 1.82) is 0 Å². The number of amides is 1. The number of hydrogen-bond donors (Lipinski definition) is 1. The van der Waals surface area contributed by atoms with Crippen molar-refractivity contribution in [2.75, 3.05) is 17.7 Å². The third-order valence-corrected chi connectivity index (χ3v) is 5.34. The van der Waals surface area contributed by atoms with E-state index in [1.807, 2.05) is 25.1 Å². The van der Waals surface area contributed by atoms with Gasteiger partial charge in [-0.3, -0.25) is 4.79 Å². The van der Waals surface area contributed by atoms with Gasteiger partial charge in [-0.1, -0.05) is 11.8 Å². The number of anilines is 1. The highest BCUT2D eigenvalue weighted by atomic mass is 32.2. The SMILES string of the molecule is CCOc1ccc2nc(SCC(=O)Nc3ccc(F)cc3F)sc2c1. The van der Waals surface area contributed by atoms with Crippen molar-refractivity contribution >= 4 is 44.9 Å². The molecule has 0 aliphatic rings. The minimum absolute atomic E-state index is 0.0438. The predicted octanol–water partition coefficient (Wildman–Crippen LogP) is 4.70. The summed E-state index contributed by atoms with van der Waals surface area (Å²) in [7, 11) is 0. The number of carbonyl (C=O) groups is 1. The lowest BCUT2D eigenvalue weighted by Gasteiger charge is -2.05. The Balaban J connectivity index is 1.62. The monoisotopic (exact) mass is 380 g/mol. The number of halogens is 2. The van der Waals surface area contributed by atoms with E-state index in [1.54, 1.807) is 0 Å². The maximum atomic E-state index is 13.5. The molecule has 0 aliphatic heterocycles. The molecule has 0 atom stereocenters. The molecular weight excluding hydrogens is 366 g/mol. The van der Waals surface area contributed by atoms with Crippen LogP contribution in [0.2, 0.25) is 0 Å². The molecule has 0 spiro atoms. The first-order chi connectivity index (χ1) is 12.0. The average Bonchev–Trinajstić information content (AvgIpc) is 2.98. The number of nitrogens with zero attached hydrogens (tertiary/aromatic N) is 1. The highest BCUT2D eigenvalue weighted by molar-refractivity contribution is 8.01. The van der Waals surface area contributed by atoms with Gasteiger partial charge in [-0.05, 0) is 37.3 Å². The second kappa shape index (κ2) is 7.79. The van der Waals surface area contributed by atoms with E-state index in [0.717, 1.165) is 32.4 Å². The average molecular weight is 380 g/mol. The zero-order valence-corrected chi connectivity index (χ0v) is 14.8. The molecule has 3 aromatic rings. The largest absolute Gasteiger partial charge is 0.494 e. The predicted molar refractivity (Wildman–Crippen MR) is 96.5 cm³/mol. The van der Waals surface area contributed by atoms with Crippen molar-refractivity contribution in [2.24, 2.45) is 0 Å². The van der Waals surface area contributed by atoms with E-state index < -0.39 is 11.6 Å². The number of thioether (sulfide) groups is 1. The highest BCUT2D eigenvalue weighted by Gasteiger charge is 2.11. The van der Waals surface area contributed by atoms with Gasteiger partial charge in [0.2, 0.25) is 5.91 Å². The lowest BCUT2D eigenvalue weighted by molar-refractivity contribution is -0.113. The Kier molecular flexibility index (Phi) is 5.50. The molecular formula is C17H14F2N2O2S2. The highest BCUT2D eigenvalue weighted by Crippen LogP contribution is 2.32. The van der Waals surface area contributed by atoms with Crippen molar-refractivity contribution in [2.45, 2.75) is 11.3 Å². The summed E-state index contributed by atoms with van der Waals surface area (Å²) in [6.07, 6.45) is 0. The fraction of sp³-hybridized carbons (Fsp3) is 0.176. The summed E-state index contributed by atoms with van der Waals surface area (Å²) in [4.78, 5) is 16.4. The topological polar surface area (TPSA) is 51.2 Å². The first-order valence-corrected chi connectivity index (χ1v) is 9.26. The Labute approximate surface area is 151 Å². The van der Waals surface area contributed by atoms with Crippen LogP contribution in [0.3, 0.4) is 0 Å². The van der Waals surface area contributed by atoms with Crippen LogP contribution in [0.25, 0.3) is 10.2 Å². The number of hydrogen-bond acceptors (Lipinski definition) is 5. The van der Waals surface area contributed by atoms with Gasteiger partial charge in [-0.2, -0.15) is 0 Å². The number of nitrogens with one attached hydrogen (secondary N) is 1. The Morgan fingerprint density at radius 3 is 2.88 bits per heavy atom. The summed E-state index contributed by atoms with van der Waals surface area (Å²) in [5.74, 6) is -1.02. The van der Waals surface area contributed by atoms with Crippen LogP contribution >= 0.6 is 23.1 Å². The van der Waals surface area contributed by atoms with E-state index in [0.29, 0.717) is 6.61 Å². The van der Waals surface area contributed by atoms with E-state index in [-0.39, 0.29) is 17.3 Å². The number of ether oxygens (including phenoxy) is 1. The summed E-state index contributed by atoms with van der Waals surface area (Å²) >= 11 is 2.72. The lowest BCUT2D eigenvalue weighted by atomic mass is 10.3. The maximum absolute atomic E-state index is 13.5. The van der Waals surface area contributed by atoms with Gasteiger partial charge in [-0.15, -0.1) is 11.3 Å². The molecule has 1 heterocycles. The van der Waals surface area contributed by atoms with Gasteiger partial charge in [0, 0.05) is 6.07 Å². The molecule has 4 nitrogen and oxygen atoms in total. The van der Waals surface area contributed by atoms with Crippen LogP contribution in [-0.2, 0) is 4.79 Å². The number of aromatic nitrogens is 1. The molecule has 0 saturated carbocycles. The number of thiazole rings is 1. The summed E-state index contributed by atoms with van der Waals surface area (Å²) in [6.45, 7) is 2.51.